The normalized spacial score (nSPS) is 12.9. The summed E-state index contributed by atoms with van der Waals surface area (Å²) in [5.74, 6) is 0.486. The van der Waals surface area contributed by atoms with Crippen LogP contribution in [0.5, 0.6) is 0 Å². The molecule has 0 spiro atoms. The number of halogens is 1. The highest BCUT2D eigenvalue weighted by Crippen LogP contribution is 2.21. The highest BCUT2D eigenvalue weighted by molar-refractivity contribution is 7.15. The third-order valence-electron chi connectivity index (χ3n) is 3.60. The van der Waals surface area contributed by atoms with Crippen molar-refractivity contribution < 1.29 is 0 Å². The number of nitrogens with zero attached hydrogens (tertiary/aromatic N) is 2. The van der Waals surface area contributed by atoms with Crippen molar-refractivity contribution in [3.63, 3.8) is 0 Å². The van der Waals surface area contributed by atoms with Crippen LogP contribution in [-0.4, -0.2) is 23.0 Å². The molecular weight excluding hydrogens is 302 g/mol. The first kappa shape index (κ1) is 14.6. The largest absolute Gasteiger partial charge is 0.319 e. The van der Waals surface area contributed by atoms with Crippen LogP contribution in [0.4, 0.5) is 0 Å². The Morgan fingerprint density at radius 3 is 2.95 bits per heavy atom. The van der Waals surface area contributed by atoms with Gasteiger partial charge in [-0.3, -0.25) is 4.40 Å². The van der Waals surface area contributed by atoms with E-state index in [0.717, 1.165) is 35.1 Å². The average Bonchev–Trinajstić information content (AvgIpc) is 3.02. The lowest BCUT2D eigenvalue weighted by Gasteiger charge is -2.16. The van der Waals surface area contributed by atoms with E-state index in [1.807, 2.05) is 25.2 Å². The third kappa shape index (κ3) is 3.46. The zero-order valence-electron chi connectivity index (χ0n) is 11.9. The number of nitrogens with one attached hydrogen (secondary N) is 1. The predicted octanol–water partition coefficient (Wildman–Crippen LogP) is 3.67. The Hall–Kier alpha value is -1.36. The van der Waals surface area contributed by atoms with Gasteiger partial charge in [0.1, 0.15) is 0 Å². The van der Waals surface area contributed by atoms with Gasteiger partial charge in [0, 0.05) is 22.8 Å². The van der Waals surface area contributed by atoms with E-state index in [2.05, 4.69) is 38.5 Å². The highest BCUT2D eigenvalue weighted by Gasteiger charge is 2.14. The molecule has 5 heteroatoms. The topological polar surface area (TPSA) is 29.3 Å². The first-order valence-electron chi connectivity index (χ1n) is 7.05. The fourth-order valence-corrected chi connectivity index (χ4v) is 3.58. The fourth-order valence-electron chi connectivity index (χ4n) is 2.65. The lowest BCUT2D eigenvalue weighted by atomic mass is 9.95. The van der Waals surface area contributed by atoms with Crippen molar-refractivity contribution in [3.8, 4) is 0 Å². The van der Waals surface area contributed by atoms with Gasteiger partial charge in [0.2, 0.25) is 0 Å². The van der Waals surface area contributed by atoms with Crippen LogP contribution in [0, 0.1) is 5.92 Å². The molecule has 1 aromatic carbocycles. The van der Waals surface area contributed by atoms with Crippen LogP contribution in [0.2, 0.25) is 5.02 Å². The molecule has 0 saturated heterocycles. The molecule has 2 aromatic heterocycles. The van der Waals surface area contributed by atoms with Crippen molar-refractivity contribution in [2.45, 2.75) is 12.8 Å². The number of benzene rings is 1. The summed E-state index contributed by atoms with van der Waals surface area (Å²) in [7, 11) is 1.99. The van der Waals surface area contributed by atoms with Crippen molar-refractivity contribution in [2.24, 2.45) is 5.92 Å². The van der Waals surface area contributed by atoms with Gasteiger partial charge in [0.25, 0.3) is 0 Å². The summed E-state index contributed by atoms with van der Waals surface area (Å²) in [6.45, 7) is 0.955. The summed E-state index contributed by atoms with van der Waals surface area (Å²) in [5.41, 5.74) is 2.36. The summed E-state index contributed by atoms with van der Waals surface area (Å²) in [5, 5.41) is 6.19. The van der Waals surface area contributed by atoms with Crippen molar-refractivity contribution in [1.82, 2.24) is 14.7 Å². The summed E-state index contributed by atoms with van der Waals surface area (Å²) in [6, 6.07) is 8.09. The molecule has 0 radical (unpaired) electrons. The van der Waals surface area contributed by atoms with E-state index in [4.69, 9.17) is 11.6 Å². The molecule has 0 saturated carbocycles. The van der Waals surface area contributed by atoms with Gasteiger partial charge in [0.05, 0.1) is 5.69 Å². The van der Waals surface area contributed by atoms with E-state index >= 15 is 0 Å². The second-order valence-electron chi connectivity index (χ2n) is 5.25. The van der Waals surface area contributed by atoms with Crippen LogP contribution in [0.25, 0.3) is 4.96 Å². The number of thiazole rings is 1. The number of hydrogen-bond acceptors (Lipinski definition) is 3. The Labute approximate surface area is 133 Å². The fraction of sp³-hybridized carbons (Fsp3) is 0.312. The van der Waals surface area contributed by atoms with Crippen LogP contribution in [-0.2, 0) is 12.8 Å². The van der Waals surface area contributed by atoms with Gasteiger partial charge in [-0.25, -0.2) is 4.98 Å². The smallest absolute Gasteiger partial charge is 0.193 e. The average molecular weight is 320 g/mol. The molecule has 0 fully saturated rings. The van der Waals surface area contributed by atoms with Crippen molar-refractivity contribution in [2.75, 3.05) is 13.6 Å². The van der Waals surface area contributed by atoms with Crippen molar-refractivity contribution in [1.29, 1.82) is 0 Å². The summed E-state index contributed by atoms with van der Waals surface area (Å²) < 4.78 is 2.09. The van der Waals surface area contributed by atoms with Crippen molar-refractivity contribution >= 4 is 27.9 Å². The SMILES string of the molecule is CNCC(Cc1cn2ccsc2n1)Cc1ccccc1Cl. The standard InChI is InChI=1S/C16H18ClN3S/c1-18-10-12(8-13-4-2-3-5-15(13)17)9-14-11-20-6-7-21-16(20)19-14/h2-7,11-12,18H,8-10H2,1H3. The molecule has 0 aliphatic carbocycles. The van der Waals surface area contributed by atoms with E-state index in [9.17, 15) is 0 Å². The molecule has 3 aromatic rings. The summed E-state index contributed by atoms with van der Waals surface area (Å²) in [4.78, 5) is 5.74. The van der Waals surface area contributed by atoms with Gasteiger partial charge < -0.3 is 5.32 Å². The first-order valence-corrected chi connectivity index (χ1v) is 8.31. The van der Waals surface area contributed by atoms with Crippen LogP contribution < -0.4 is 5.32 Å². The van der Waals surface area contributed by atoms with E-state index in [-0.39, 0.29) is 0 Å². The second kappa shape index (κ2) is 6.60. The Bertz CT molecular complexity index is 690. The van der Waals surface area contributed by atoms with Gasteiger partial charge >= 0.3 is 0 Å². The van der Waals surface area contributed by atoms with Crippen LogP contribution >= 0.6 is 22.9 Å². The highest BCUT2D eigenvalue weighted by atomic mass is 35.5. The van der Waals surface area contributed by atoms with Gasteiger partial charge in [-0.2, -0.15) is 0 Å². The minimum Gasteiger partial charge on any atom is -0.319 e. The molecule has 0 bridgehead atoms. The van der Waals surface area contributed by atoms with Crippen LogP contribution in [0.15, 0.2) is 42.0 Å². The Kier molecular flexibility index (Phi) is 4.58. The Morgan fingerprint density at radius 1 is 1.33 bits per heavy atom. The molecule has 1 unspecified atom stereocenters. The molecule has 3 nitrogen and oxygen atoms in total. The molecule has 1 atom stereocenters. The van der Waals surface area contributed by atoms with Crippen LogP contribution in [0.1, 0.15) is 11.3 Å². The first-order chi connectivity index (χ1) is 10.3. The number of fused-ring (bicyclic) bond motifs is 1. The number of hydrogen-bond donors (Lipinski definition) is 1. The van der Waals surface area contributed by atoms with Crippen LogP contribution in [0.3, 0.4) is 0 Å². The summed E-state index contributed by atoms with van der Waals surface area (Å²) >= 11 is 7.95. The van der Waals surface area contributed by atoms with Gasteiger partial charge in [-0.15, -0.1) is 11.3 Å². The van der Waals surface area contributed by atoms with Gasteiger partial charge in [-0.1, -0.05) is 29.8 Å². The quantitative estimate of drug-likeness (QED) is 0.751. The zero-order chi connectivity index (χ0) is 14.7. The monoisotopic (exact) mass is 319 g/mol. The summed E-state index contributed by atoms with van der Waals surface area (Å²) in [6.07, 6.45) is 6.10. The molecular formula is C16H18ClN3S. The van der Waals surface area contributed by atoms with E-state index in [1.54, 1.807) is 11.3 Å². The third-order valence-corrected chi connectivity index (χ3v) is 4.74. The second-order valence-corrected chi connectivity index (χ2v) is 6.53. The molecule has 110 valence electrons. The number of aromatic nitrogens is 2. The minimum absolute atomic E-state index is 0.486. The maximum absolute atomic E-state index is 6.28. The molecule has 1 N–H and O–H groups in total. The maximum atomic E-state index is 6.28. The van der Waals surface area contributed by atoms with E-state index in [1.165, 1.54) is 5.56 Å². The number of rotatable bonds is 6. The minimum atomic E-state index is 0.486. The molecule has 2 heterocycles. The molecule has 0 aliphatic rings. The Balaban J connectivity index is 1.75. The lowest BCUT2D eigenvalue weighted by molar-refractivity contribution is 0.489. The molecule has 3 rings (SSSR count). The maximum Gasteiger partial charge on any atom is 0.193 e. The zero-order valence-corrected chi connectivity index (χ0v) is 13.5. The lowest BCUT2D eigenvalue weighted by Crippen LogP contribution is -2.23. The molecule has 0 aliphatic heterocycles. The number of imidazole rings is 1. The molecule has 0 amide bonds. The van der Waals surface area contributed by atoms with E-state index < -0.39 is 0 Å². The van der Waals surface area contributed by atoms with Gasteiger partial charge in [-0.05, 0) is 44.0 Å². The Morgan fingerprint density at radius 2 is 2.19 bits per heavy atom. The van der Waals surface area contributed by atoms with Crippen molar-refractivity contribution in [3.05, 3.63) is 58.3 Å². The predicted molar refractivity (Wildman–Crippen MR) is 89.3 cm³/mol. The van der Waals surface area contributed by atoms with E-state index in [0.29, 0.717) is 5.92 Å². The van der Waals surface area contributed by atoms with Gasteiger partial charge in [0.15, 0.2) is 4.96 Å². The molecule has 21 heavy (non-hydrogen) atoms.